The predicted octanol–water partition coefficient (Wildman–Crippen LogP) is 7.36. The molecule has 3 nitrogen and oxygen atoms in total. The lowest BCUT2D eigenvalue weighted by atomic mass is 9.55. The summed E-state index contributed by atoms with van der Waals surface area (Å²) in [5, 5.41) is 0. The molecule has 0 amide bonds. The molecule has 0 spiro atoms. The third-order valence-corrected chi connectivity index (χ3v) is 8.97. The van der Waals surface area contributed by atoms with E-state index in [0.29, 0.717) is 29.7 Å². The highest BCUT2D eigenvalue weighted by atomic mass is 19.1. The van der Waals surface area contributed by atoms with E-state index < -0.39 is 0 Å². The normalized spacial score (nSPS) is 29.6. The number of carbonyl (C=O) groups excluding carboxylic acids is 1. The maximum Gasteiger partial charge on any atom is 0.306 e. The molecule has 2 aromatic carbocycles. The molecule has 0 bridgehead atoms. The predicted molar refractivity (Wildman–Crippen MR) is 131 cm³/mol. The zero-order chi connectivity index (χ0) is 23.7. The van der Waals surface area contributed by atoms with Crippen LogP contribution in [0, 0.1) is 23.1 Å². The topological polar surface area (TPSA) is 35.5 Å². The Labute approximate surface area is 203 Å². The number of hydrogen-bond donors (Lipinski definition) is 0. The van der Waals surface area contributed by atoms with Crippen molar-refractivity contribution in [1.82, 2.24) is 0 Å². The summed E-state index contributed by atoms with van der Waals surface area (Å²) in [6.07, 6.45) is 9.27. The van der Waals surface area contributed by atoms with Crippen LogP contribution in [0.2, 0.25) is 0 Å². The van der Waals surface area contributed by atoms with E-state index in [9.17, 15) is 9.18 Å². The Balaban J connectivity index is 1.27. The van der Waals surface area contributed by atoms with Crippen LogP contribution in [0.4, 0.5) is 4.39 Å². The van der Waals surface area contributed by atoms with Crippen molar-refractivity contribution in [3.05, 3.63) is 65.0 Å². The van der Waals surface area contributed by atoms with Crippen molar-refractivity contribution in [1.29, 1.82) is 0 Å². The quantitative estimate of drug-likeness (QED) is 0.402. The summed E-state index contributed by atoms with van der Waals surface area (Å²) in [6, 6.07) is 13.3. The highest BCUT2D eigenvalue weighted by Gasteiger charge is 2.56. The standard InChI is InChI=1S/C30H37FO3/c1-3-4-9-29(32)34-28-15-14-26-25-12-10-20-18-22(33-19-21-7-5-6-8-27(21)31)11-13-23(20)24(25)16-17-30(26,28)2/h5-8,11,13,18,24-26,28H,3-4,9-10,12,14-17,19H2,1-2H3/t24-,25+,26-,28-,30+/m1/s1. The number of halogens is 1. The Kier molecular flexibility index (Phi) is 6.68. The van der Waals surface area contributed by atoms with Gasteiger partial charge in [0.1, 0.15) is 24.3 Å². The molecule has 2 saturated carbocycles. The van der Waals surface area contributed by atoms with Gasteiger partial charge in [-0.3, -0.25) is 4.79 Å². The van der Waals surface area contributed by atoms with Gasteiger partial charge in [-0.2, -0.15) is 0 Å². The first-order valence-corrected chi connectivity index (χ1v) is 13.2. The lowest BCUT2D eigenvalue weighted by Gasteiger charge is -2.50. The molecule has 0 aromatic heterocycles. The van der Waals surface area contributed by atoms with Gasteiger partial charge in [-0.25, -0.2) is 4.39 Å². The number of fused-ring (bicyclic) bond motifs is 5. The van der Waals surface area contributed by atoms with Crippen LogP contribution in [0.3, 0.4) is 0 Å². The molecular weight excluding hydrogens is 427 g/mol. The molecule has 3 aliphatic carbocycles. The SMILES string of the molecule is CCCCC(=O)O[C@@H]1CC[C@@H]2[C@H]3CCc4cc(OCc5ccccc5F)ccc4[C@H]3CC[C@@]21C. The highest BCUT2D eigenvalue weighted by molar-refractivity contribution is 5.69. The Bertz CT molecular complexity index is 1030. The fourth-order valence-electron chi connectivity index (χ4n) is 7.11. The van der Waals surface area contributed by atoms with Gasteiger partial charge in [0.15, 0.2) is 0 Å². The number of hydrogen-bond acceptors (Lipinski definition) is 3. The van der Waals surface area contributed by atoms with Gasteiger partial charge in [0.05, 0.1) is 0 Å². The second-order valence-corrected chi connectivity index (χ2v) is 10.9. The zero-order valence-corrected chi connectivity index (χ0v) is 20.5. The van der Waals surface area contributed by atoms with Gasteiger partial charge < -0.3 is 9.47 Å². The lowest BCUT2D eigenvalue weighted by Crippen LogP contribution is -2.45. The van der Waals surface area contributed by atoms with E-state index >= 15 is 0 Å². The molecule has 0 radical (unpaired) electrons. The van der Waals surface area contributed by atoms with Gasteiger partial charge in [0.25, 0.3) is 0 Å². The summed E-state index contributed by atoms with van der Waals surface area (Å²) < 4.78 is 25.9. The summed E-state index contributed by atoms with van der Waals surface area (Å²) in [4.78, 5) is 12.4. The first-order chi connectivity index (χ1) is 16.5. The summed E-state index contributed by atoms with van der Waals surface area (Å²) in [6.45, 7) is 4.74. The smallest absolute Gasteiger partial charge is 0.306 e. The second kappa shape index (κ2) is 9.71. The number of ether oxygens (including phenoxy) is 2. The number of benzene rings is 2. The molecule has 0 saturated heterocycles. The van der Waals surface area contributed by atoms with Crippen molar-refractivity contribution >= 4 is 5.97 Å². The van der Waals surface area contributed by atoms with E-state index in [1.807, 2.05) is 6.07 Å². The summed E-state index contributed by atoms with van der Waals surface area (Å²) in [5.41, 5.74) is 3.55. The number of carbonyl (C=O) groups is 1. The fourth-order valence-corrected chi connectivity index (χ4v) is 7.11. The molecule has 182 valence electrons. The van der Waals surface area contributed by atoms with Gasteiger partial charge in [-0.05, 0) is 92.0 Å². The number of aryl methyl sites for hydroxylation is 1. The van der Waals surface area contributed by atoms with Gasteiger partial charge in [0, 0.05) is 17.4 Å². The molecule has 4 heteroatoms. The first-order valence-electron chi connectivity index (χ1n) is 13.2. The van der Waals surface area contributed by atoms with E-state index in [2.05, 4.69) is 32.0 Å². The van der Waals surface area contributed by atoms with E-state index in [-0.39, 0.29) is 29.9 Å². The van der Waals surface area contributed by atoms with Crippen LogP contribution in [-0.2, 0) is 22.6 Å². The molecule has 0 unspecified atom stereocenters. The molecular formula is C30H37FO3. The summed E-state index contributed by atoms with van der Waals surface area (Å²) in [7, 11) is 0. The van der Waals surface area contributed by atoms with Gasteiger partial charge in [0.2, 0.25) is 0 Å². The molecule has 3 aliphatic rings. The van der Waals surface area contributed by atoms with Crippen LogP contribution in [-0.4, -0.2) is 12.1 Å². The van der Waals surface area contributed by atoms with Gasteiger partial charge >= 0.3 is 5.97 Å². The first kappa shape index (κ1) is 23.4. The van der Waals surface area contributed by atoms with Gasteiger partial charge in [-0.1, -0.05) is 44.5 Å². The third kappa shape index (κ3) is 4.36. The third-order valence-electron chi connectivity index (χ3n) is 8.97. The minimum absolute atomic E-state index is 0.00671. The van der Waals surface area contributed by atoms with E-state index in [4.69, 9.17) is 9.47 Å². The van der Waals surface area contributed by atoms with Crippen LogP contribution in [0.1, 0.15) is 87.8 Å². The molecule has 34 heavy (non-hydrogen) atoms. The average Bonchev–Trinajstić information content (AvgIpc) is 3.17. The Morgan fingerprint density at radius 1 is 1.12 bits per heavy atom. The molecule has 2 aromatic rings. The monoisotopic (exact) mass is 464 g/mol. The summed E-state index contributed by atoms with van der Waals surface area (Å²) >= 11 is 0. The molecule has 0 heterocycles. The van der Waals surface area contributed by atoms with Crippen molar-refractivity contribution in [2.24, 2.45) is 17.3 Å². The highest BCUT2D eigenvalue weighted by Crippen LogP contribution is 2.61. The van der Waals surface area contributed by atoms with Crippen LogP contribution in [0.25, 0.3) is 0 Å². The van der Waals surface area contributed by atoms with Crippen molar-refractivity contribution in [3.8, 4) is 5.75 Å². The van der Waals surface area contributed by atoms with Crippen molar-refractivity contribution in [2.75, 3.05) is 0 Å². The Morgan fingerprint density at radius 2 is 1.97 bits per heavy atom. The largest absolute Gasteiger partial charge is 0.489 e. The maximum atomic E-state index is 13.9. The Morgan fingerprint density at radius 3 is 2.79 bits per heavy atom. The minimum Gasteiger partial charge on any atom is -0.489 e. The number of rotatable bonds is 7. The molecule has 0 aliphatic heterocycles. The van der Waals surface area contributed by atoms with Gasteiger partial charge in [-0.15, -0.1) is 0 Å². The van der Waals surface area contributed by atoms with Crippen LogP contribution in [0.15, 0.2) is 42.5 Å². The lowest BCUT2D eigenvalue weighted by molar-refractivity contribution is -0.157. The minimum atomic E-state index is -0.223. The fraction of sp³-hybridized carbons (Fsp3) is 0.567. The van der Waals surface area contributed by atoms with E-state index in [1.54, 1.807) is 12.1 Å². The molecule has 0 N–H and O–H groups in total. The second-order valence-electron chi connectivity index (χ2n) is 10.9. The van der Waals surface area contributed by atoms with Crippen molar-refractivity contribution < 1.29 is 18.7 Å². The van der Waals surface area contributed by atoms with Crippen LogP contribution in [0.5, 0.6) is 5.75 Å². The van der Waals surface area contributed by atoms with E-state index in [0.717, 1.165) is 44.3 Å². The van der Waals surface area contributed by atoms with Crippen LogP contribution >= 0.6 is 0 Å². The Hall–Kier alpha value is -2.36. The zero-order valence-electron chi connectivity index (χ0n) is 20.5. The molecule has 5 atom stereocenters. The average molecular weight is 465 g/mol. The number of unbranched alkanes of at least 4 members (excludes halogenated alkanes) is 1. The number of esters is 1. The van der Waals surface area contributed by atoms with Crippen molar-refractivity contribution in [3.63, 3.8) is 0 Å². The van der Waals surface area contributed by atoms with Crippen LogP contribution < -0.4 is 4.74 Å². The maximum absolute atomic E-state index is 13.9. The molecule has 2 fully saturated rings. The van der Waals surface area contributed by atoms with E-state index in [1.165, 1.54) is 30.0 Å². The van der Waals surface area contributed by atoms with Crippen molar-refractivity contribution in [2.45, 2.75) is 90.3 Å². The molecule has 5 rings (SSSR count). The summed E-state index contributed by atoms with van der Waals surface area (Å²) in [5.74, 6) is 2.46.